The summed E-state index contributed by atoms with van der Waals surface area (Å²) in [6.07, 6.45) is 22.4. The van der Waals surface area contributed by atoms with Crippen LogP contribution in [0.15, 0.2) is 24.3 Å². The smallest absolute Gasteiger partial charge is 0.306 e. The highest BCUT2D eigenvalue weighted by atomic mass is 16.7. The van der Waals surface area contributed by atoms with Gasteiger partial charge in [0.25, 0.3) is 0 Å². The molecule has 0 aromatic carbocycles. The van der Waals surface area contributed by atoms with E-state index in [0.717, 1.165) is 64.2 Å². The molecule has 2 heterocycles. The Morgan fingerprint density at radius 1 is 0.508 bits per heavy atom. The van der Waals surface area contributed by atoms with Crippen molar-refractivity contribution in [3.05, 3.63) is 24.3 Å². The first kappa shape index (κ1) is 57.6. The van der Waals surface area contributed by atoms with Crippen molar-refractivity contribution >= 4 is 5.97 Å². The number of ether oxygens (including phenoxy) is 6. The maximum absolute atomic E-state index is 13.0. The summed E-state index contributed by atoms with van der Waals surface area (Å²) < 4.78 is 34.2. The van der Waals surface area contributed by atoms with Gasteiger partial charge in [0.15, 0.2) is 12.6 Å². The molecule has 2 rings (SSSR count). The third-order valence-corrected chi connectivity index (χ3v) is 11.9. The van der Waals surface area contributed by atoms with Gasteiger partial charge < -0.3 is 64.2 Å². The first-order chi connectivity index (χ1) is 30.6. The van der Waals surface area contributed by atoms with Gasteiger partial charge in [0.05, 0.1) is 26.4 Å². The Bertz CT molecular complexity index is 1140. The average Bonchev–Trinajstić information content (AvgIpc) is 3.28. The van der Waals surface area contributed by atoms with Crippen LogP contribution >= 0.6 is 0 Å². The molecule has 0 aromatic rings. The number of rotatable bonds is 39. The Morgan fingerprint density at radius 2 is 0.937 bits per heavy atom. The van der Waals surface area contributed by atoms with Crippen molar-refractivity contribution in [2.45, 2.75) is 248 Å². The highest BCUT2D eigenvalue weighted by Gasteiger charge is 2.47. The van der Waals surface area contributed by atoms with Crippen LogP contribution in [0.25, 0.3) is 0 Å². The van der Waals surface area contributed by atoms with Crippen molar-refractivity contribution in [1.29, 1.82) is 0 Å². The van der Waals surface area contributed by atoms with E-state index in [9.17, 15) is 40.5 Å². The number of carbonyl (C=O) groups is 1. The fourth-order valence-corrected chi connectivity index (χ4v) is 7.80. The summed E-state index contributed by atoms with van der Waals surface area (Å²) in [5, 5.41) is 72.0. The minimum absolute atomic E-state index is 0.0561. The van der Waals surface area contributed by atoms with Crippen LogP contribution in [0.3, 0.4) is 0 Å². The van der Waals surface area contributed by atoms with Gasteiger partial charge in [-0.15, -0.1) is 0 Å². The van der Waals surface area contributed by atoms with Gasteiger partial charge in [-0.05, 0) is 64.2 Å². The maximum Gasteiger partial charge on any atom is 0.306 e. The molecule has 0 spiro atoms. The molecular formula is C49H90O14. The number of allylic oxidation sites excluding steroid dienone is 4. The third kappa shape index (κ3) is 25.8. The standard InChI is InChI=1S/C49H90O14/c1-3-5-7-9-11-13-15-17-19-21-23-25-27-29-31-33-58-35-38(61-41(51)32-30-28-26-24-22-20-18-16-14-12-10-8-6-4-2)36-59-48-47(57)45(55)43(53)40(63-48)37-60-49-46(56)44(54)42(52)39(34-50)62-49/h15-18,38-40,42-50,52-57H,3-14,19-37H2,1-2H3/b17-15-,18-16-. The molecule has 0 radical (unpaired) electrons. The molecule has 0 saturated carbocycles. The van der Waals surface area contributed by atoms with Crippen molar-refractivity contribution in [2.24, 2.45) is 0 Å². The number of carbonyl (C=O) groups excluding carboxylic acids is 1. The molecule has 7 N–H and O–H groups in total. The quantitative estimate of drug-likeness (QED) is 0.0191. The van der Waals surface area contributed by atoms with Crippen LogP contribution < -0.4 is 0 Å². The average molecular weight is 903 g/mol. The van der Waals surface area contributed by atoms with Crippen LogP contribution in [-0.4, -0.2) is 142 Å². The molecule has 2 aliphatic rings. The number of hydrogen-bond acceptors (Lipinski definition) is 14. The van der Waals surface area contributed by atoms with E-state index in [4.69, 9.17) is 28.4 Å². The molecule has 14 heteroatoms. The van der Waals surface area contributed by atoms with Gasteiger partial charge >= 0.3 is 5.97 Å². The van der Waals surface area contributed by atoms with Crippen LogP contribution in [0.1, 0.15) is 181 Å². The van der Waals surface area contributed by atoms with Crippen molar-refractivity contribution in [3.8, 4) is 0 Å². The molecule has 2 fully saturated rings. The molecule has 0 bridgehead atoms. The molecule has 0 aliphatic carbocycles. The largest absolute Gasteiger partial charge is 0.457 e. The van der Waals surface area contributed by atoms with Gasteiger partial charge in [-0.2, -0.15) is 0 Å². The SMILES string of the molecule is CCCCCCC/C=C\CCCCCCCCOCC(COC1OC(COC2OC(CO)C(O)C(O)C2O)C(O)C(O)C1O)OC(=O)CCCCCCC/C=C\CCCCCCC. The summed E-state index contributed by atoms with van der Waals surface area (Å²) >= 11 is 0. The summed E-state index contributed by atoms with van der Waals surface area (Å²) in [6, 6.07) is 0. The Morgan fingerprint density at radius 3 is 1.44 bits per heavy atom. The third-order valence-electron chi connectivity index (χ3n) is 11.9. The predicted octanol–water partition coefficient (Wildman–Crippen LogP) is 6.85. The minimum Gasteiger partial charge on any atom is -0.457 e. The molecular weight excluding hydrogens is 813 g/mol. The van der Waals surface area contributed by atoms with Gasteiger partial charge in [0, 0.05) is 13.0 Å². The zero-order chi connectivity index (χ0) is 45.9. The van der Waals surface area contributed by atoms with Crippen molar-refractivity contribution in [3.63, 3.8) is 0 Å². The van der Waals surface area contributed by atoms with Gasteiger partial charge in [-0.3, -0.25) is 4.79 Å². The van der Waals surface area contributed by atoms with Crippen LogP contribution in [0.2, 0.25) is 0 Å². The fourth-order valence-electron chi connectivity index (χ4n) is 7.80. The normalized spacial score (nSPS) is 27.1. The molecule has 370 valence electrons. The highest BCUT2D eigenvalue weighted by Crippen LogP contribution is 2.26. The lowest BCUT2D eigenvalue weighted by Gasteiger charge is -2.42. The van der Waals surface area contributed by atoms with Crippen LogP contribution in [0.4, 0.5) is 0 Å². The van der Waals surface area contributed by atoms with E-state index in [1.807, 2.05) is 0 Å². The number of hydrogen-bond donors (Lipinski definition) is 7. The summed E-state index contributed by atoms with van der Waals surface area (Å²) in [5.41, 5.74) is 0. The topological polar surface area (TPSA) is 214 Å². The molecule has 11 atom stereocenters. The highest BCUT2D eigenvalue weighted by molar-refractivity contribution is 5.69. The Balaban J connectivity index is 1.79. The lowest BCUT2D eigenvalue weighted by atomic mass is 9.98. The van der Waals surface area contributed by atoms with Crippen molar-refractivity contribution < 1.29 is 69.0 Å². The van der Waals surface area contributed by atoms with Gasteiger partial charge in [-0.1, -0.05) is 134 Å². The monoisotopic (exact) mass is 903 g/mol. The van der Waals surface area contributed by atoms with E-state index < -0.39 is 80.7 Å². The molecule has 14 nitrogen and oxygen atoms in total. The number of aliphatic hydroxyl groups excluding tert-OH is 7. The maximum atomic E-state index is 13.0. The van der Waals surface area contributed by atoms with Crippen LogP contribution in [0.5, 0.6) is 0 Å². The van der Waals surface area contributed by atoms with Crippen LogP contribution in [-0.2, 0) is 33.2 Å². The molecule has 2 saturated heterocycles. The first-order valence-electron chi connectivity index (χ1n) is 24.9. The lowest BCUT2D eigenvalue weighted by Crippen LogP contribution is -2.61. The zero-order valence-electron chi connectivity index (χ0n) is 39.1. The van der Waals surface area contributed by atoms with Gasteiger partial charge in [-0.25, -0.2) is 0 Å². The predicted molar refractivity (Wildman–Crippen MR) is 243 cm³/mol. The lowest BCUT2D eigenvalue weighted by molar-refractivity contribution is -0.332. The number of aliphatic hydroxyl groups is 7. The van der Waals surface area contributed by atoms with Crippen molar-refractivity contribution in [1.82, 2.24) is 0 Å². The van der Waals surface area contributed by atoms with E-state index >= 15 is 0 Å². The molecule has 2 aliphatic heterocycles. The van der Waals surface area contributed by atoms with Gasteiger partial charge in [0.2, 0.25) is 0 Å². The summed E-state index contributed by atoms with van der Waals surface area (Å²) in [7, 11) is 0. The molecule has 0 amide bonds. The number of unbranched alkanes of at least 4 members (excludes halogenated alkanes) is 21. The number of esters is 1. The summed E-state index contributed by atoms with van der Waals surface area (Å²) in [6.45, 7) is 3.65. The second-order valence-electron chi connectivity index (χ2n) is 17.6. The Labute approximate surface area is 379 Å². The summed E-state index contributed by atoms with van der Waals surface area (Å²) in [4.78, 5) is 13.0. The molecule has 11 unspecified atom stereocenters. The van der Waals surface area contributed by atoms with Gasteiger partial charge in [0.1, 0.15) is 54.9 Å². The fraction of sp³-hybridized carbons (Fsp3) is 0.898. The van der Waals surface area contributed by atoms with E-state index in [1.165, 1.54) is 89.9 Å². The second kappa shape index (κ2) is 37.5. The Hall–Kier alpha value is -1.53. The van der Waals surface area contributed by atoms with Crippen molar-refractivity contribution in [2.75, 3.05) is 33.0 Å². The van der Waals surface area contributed by atoms with E-state index in [2.05, 4.69) is 38.2 Å². The van der Waals surface area contributed by atoms with Crippen LogP contribution in [0, 0.1) is 0 Å². The second-order valence-corrected chi connectivity index (χ2v) is 17.6. The zero-order valence-corrected chi connectivity index (χ0v) is 39.1. The van der Waals surface area contributed by atoms with E-state index in [1.54, 1.807) is 0 Å². The first-order valence-corrected chi connectivity index (χ1v) is 24.9. The van der Waals surface area contributed by atoms with E-state index in [-0.39, 0.29) is 25.6 Å². The molecule has 0 aromatic heterocycles. The van der Waals surface area contributed by atoms with E-state index in [0.29, 0.717) is 13.0 Å². The minimum atomic E-state index is -1.71. The summed E-state index contributed by atoms with van der Waals surface area (Å²) in [5.74, 6) is -0.387. The molecule has 63 heavy (non-hydrogen) atoms. The Kier molecular flexibility index (Phi) is 34.3.